The van der Waals surface area contributed by atoms with Crippen LogP contribution >= 0.6 is 11.6 Å². The molecular formula is C28H33ClF2N4O4. The Morgan fingerprint density at radius 3 is 2.72 bits per heavy atom. The number of ether oxygens (including phenoxy) is 2. The SMILES string of the molecule is COC[C@@H]1Nc2ccccc2[C@H]2[C@@H]1CCN2C(=O)[C@H]1CC(F)(F)CC[C@H]1NC(=O)Nc1ccc(OC)c(Cl)c1. The fourth-order valence-electron chi connectivity index (χ4n) is 6.28. The summed E-state index contributed by atoms with van der Waals surface area (Å²) in [7, 11) is 3.13. The number of para-hydroxylation sites is 1. The number of amides is 3. The number of carbonyl (C=O) groups is 2. The Morgan fingerprint density at radius 1 is 1.18 bits per heavy atom. The summed E-state index contributed by atoms with van der Waals surface area (Å²) in [6, 6.07) is 11.0. The number of benzene rings is 2. The van der Waals surface area contributed by atoms with Gasteiger partial charge in [-0.2, -0.15) is 0 Å². The Bertz CT molecular complexity index is 1230. The highest BCUT2D eigenvalue weighted by Gasteiger charge is 2.51. The van der Waals surface area contributed by atoms with Crippen molar-refractivity contribution in [3.63, 3.8) is 0 Å². The number of fused-ring (bicyclic) bond motifs is 3. The topological polar surface area (TPSA) is 91.9 Å². The average Bonchev–Trinajstić information content (AvgIpc) is 3.35. The Balaban J connectivity index is 1.36. The molecule has 0 unspecified atom stereocenters. The summed E-state index contributed by atoms with van der Waals surface area (Å²) in [5.74, 6) is -3.85. The van der Waals surface area contributed by atoms with Crippen LogP contribution in [0.1, 0.15) is 37.3 Å². The number of carbonyl (C=O) groups excluding carboxylic acids is 2. The second-order valence-corrected chi connectivity index (χ2v) is 10.9. The standard InChI is InChI=1S/C28H33ClF2N4O4/c1-38-15-23-18-10-12-35(25(18)17-5-3-4-6-21(17)33-23)26(36)19-14-28(30,31)11-9-22(19)34-27(37)32-16-7-8-24(39-2)20(29)13-16/h3-8,13,18-19,22-23,25,33H,9-12,14-15H2,1-2H3,(H2,32,34,37)/t18-,19+,22-,23+,25+/m1/s1. The number of likely N-dealkylation sites (tertiary alicyclic amines) is 1. The van der Waals surface area contributed by atoms with Crippen LogP contribution in [0.2, 0.25) is 5.02 Å². The third-order valence-electron chi connectivity index (χ3n) is 8.08. The zero-order valence-corrected chi connectivity index (χ0v) is 22.6. The molecule has 3 amide bonds. The highest BCUT2D eigenvalue weighted by Crippen LogP contribution is 2.48. The predicted molar refractivity (Wildman–Crippen MR) is 145 cm³/mol. The van der Waals surface area contributed by atoms with E-state index in [0.29, 0.717) is 29.6 Å². The molecule has 0 spiro atoms. The quantitative estimate of drug-likeness (QED) is 0.444. The molecule has 2 aromatic rings. The highest BCUT2D eigenvalue weighted by atomic mass is 35.5. The lowest BCUT2D eigenvalue weighted by Crippen LogP contribution is -2.54. The van der Waals surface area contributed by atoms with E-state index in [0.717, 1.165) is 17.7 Å². The third kappa shape index (κ3) is 5.63. The van der Waals surface area contributed by atoms with Gasteiger partial charge in [0.2, 0.25) is 11.8 Å². The zero-order valence-electron chi connectivity index (χ0n) is 21.9. The van der Waals surface area contributed by atoms with Crippen molar-refractivity contribution in [1.29, 1.82) is 0 Å². The van der Waals surface area contributed by atoms with Crippen LogP contribution in [0.25, 0.3) is 0 Å². The van der Waals surface area contributed by atoms with E-state index in [1.807, 2.05) is 24.3 Å². The number of hydrogen-bond acceptors (Lipinski definition) is 5. The van der Waals surface area contributed by atoms with E-state index in [1.165, 1.54) is 13.2 Å². The van der Waals surface area contributed by atoms with Gasteiger partial charge in [0.05, 0.1) is 36.7 Å². The minimum Gasteiger partial charge on any atom is -0.495 e. The summed E-state index contributed by atoms with van der Waals surface area (Å²) >= 11 is 6.15. The molecule has 5 atom stereocenters. The maximum absolute atomic E-state index is 14.7. The van der Waals surface area contributed by atoms with Crippen LogP contribution in [0.4, 0.5) is 25.0 Å². The summed E-state index contributed by atoms with van der Waals surface area (Å²) in [5, 5.41) is 9.32. The molecule has 210 valence electrons. The molecule has 2 aromatic carbocycles. The van der Waals surface area contributed by atoms with Gasteiger partial charge in [0.1, 0.15) is 5.75 Å². The first-order chi connectivity index (χ1) is 18.7. The number of methoxy groups -OCH3 is 2. The molecular weight excluding hydrogens is 530 g/mol. The molecule has 0 radical (unpaired) electrons. The van der Waals surface area contributed by atoms with E-state index in [2.05, 4.69) is 16.0 Å². The van der Waals surface area contributed by atoms with Gasteiger partial charge < -0.3 is 30.3 Å². The highest BCUT2D eigenvalue weighted by molar-refractivity contribution is 6.32. The molecule has 2 heterocycles. The number of urea groups is 1. The summed E-state index contributed by atoms with van der Waals surface area (Å²) in [6.07, 6.45) is -0.288. The number of halogens is 3. The van der Waals surface area contributed by atoms with Gasteiger partial charge in [-0.3, -0.25) is 4.79 Å². The van der Waals surface area contributed by atoms with E-state index in [-0.39, 0.29) is 30.3 Å². The van der Waals surface area contributed by atoms with Crippen molar-refractivity contribution < 1.29 is 27.8 Å². The van der Waals surface area contributed by atoms with Crippen molar-refractivity contribution >= 4 is 34.9 Å². The number of anilines is 2. The van der Waals surface area contributed by atoms with E-state index in [4.69, 9.17) is 21.1 Å². The average molecular weight is 563 g/mol. The third-order valence-corrected chi connectivity index (χ3v) is 8.38. The Kier molecular flexibility index (Phi) is 7.87. The minimum atomic E-state index is -2.98. The summed E-state index contributed by atoms with van der Waals surface area (Å²) in [5.41, 5.74) is 2.31. The van der Waals surface area contributed by atoms with E-state index < -0.39 is 36.8 Å². The molecule has 39 heavy (non-hydrogen) atoms. The molecule has 5 rings (SSSR count). The van der Waals surface area contributed by atoms with Crippen molar-refractivity contribution in [1.82, 2.24) is 10.2 Å². The largest absolute Gasteiger partial charge is 0.495 e. The molecule has 2 fully saturated rings. The number of nitrogens with one attached hydrogen (secondary N) is 3. The van der Waals surface area contributed by atoms with Gasteiger partial charge in [0.25, 0.3) is 0 Å². The van der Waals surface area contributed by atoms with Crippen molar-refractivity contribution in [2.24, 2.45) is 11.8 Å². The number of hydrogen-bond donors (Lipinski definition) is 3. The predicted octanol–water partition coefficient (Wildman–Crippen LogP) is 5.30. The zero-order chi connectivity index (χ0) is 27.7. The minimum absolute atomic E-state index is 0.00322. The lowest BCUT2D eigenvalue weighted by atomic mass is 9.80. The lowest BCUT2D eigenvalue weighted by molar-refractivity contribution is -0.146. The molecule has 1 aliphatic carbocycles. The van der Waals surface area contributed by atoms with Crippen LogP contribution in [0.5, 0.6) is 5.75 Å². The van der Waals surface area contributed by atoms with Crippen molar-refractivity contribution in [2.45, 2.75) is 49.7 Å². The fraction of sp³-hybridized carbons (Fsp3) is 0.500. The van der Waals surface area contributed by atoms with Crippen LogP contribution in [0, 0.1) is 11.8 Å². The van der Waals surface area contributed by atoms with Gasteiger partial charge in [-0.1, -0.05) is 29.8 Å². The van der Waals surface area contributed by atoms with Crippen LogP contribution < -0.4 is 20.7 Å². The van der Waals surface area contributed by atoms with Crippen LogP contribution in [-0.2, 0) is 9.53 Å². The van der Waals surface area contributed by atoms with Gasteiger partial charge in [-0.25, -0.2) is 13.6 Å². The van der Waals surface area contributed by atoms with E-state index in [9.17, 15) is 18.4 Å². The first-order valence-corrected chi connectivity index (χ1v) is 13.5. The monoisotopic (exact) mass is 562 g/mol. The fourth-order valence-corrected chi connectivity index (χ4v) is 6.54. The molecule has 3 N–H and O–H groups in total. The maximum Gasteiger partial charge on any atom is 0.319 e. The van der Waals surface area contributed by atoms with Gasteiger partial charge in [-0.15, -0.1) is 0 Å². The Morgan fingerprint density at radius 2 is 1.97 bits per heavy atom. The smallest absolute Gasteiger partial charge is 0.319 e. The van der Waals surface area contributed by atoms with Crippen molar-refractivity contribution in [3.05, 3.63) is 53.1 Å². The van der Waals surface area contributed by atoms with E-state index in [1.54, 1.807) is 24.1 Å². The lowest BCUT2D eigenvalue weighted by Gasteiger charge is -2.42. The van der Waals surface area contributed by atoms with Gasteiger partial charge in [0.15, 0.2) is 0 Å². The first-order valence-electron chi connectivity index (χ1n) is 13.1. The number of nitrogens with zero attached hydrogens (tertiary/aromatic N) is 1. The van der Waals surface area contributed by atoms with Crippen LogP contribution in [0.3, 0.4) is 0 Å². The Hall–Kier alpha value is -3.11. The molecule has 0 bridgehead atoms. The van der Waals surface area contributed by atoms with E-state index >= 15 is 0 Å². The summed E-state index contributed by atoms with van der Waals surface area (Å²) in [6.45, 7) is 0.925. The Labute approximate surface area is 231 Å². The van der Waals surface area contributed by atoms with Crippen molar-refractivity contribution in [2.75, 3.05) is 38.0 Å². The molecule has 11 heteroatoms. The van der Waals surface area contributed by atoms with Crippen molar-refractivity contribution in [3.8, 4) is 5.75 Å². The second kappa shape index (κ2) is 11.2. The number of rotatable bonds is 6. The van der Waals surface area contributed by atoms with Gasteiger partial charge in [-0.05, 0) is 42.7 Å². The first kappa shape index (κ1) is 27.5. The molecule has 1 saturated carbocycles. The normalized spacial score (nSPS) is 27.1. The molecule has 0 aromatic heterocycles. The van der Waals surface area contributed by atoms with Crippen LogP contribution in [0.15, 0.2) is 42.5 Å². The summed E-state index contributed by atoms with van der Waals surface area (Å²) < 4.78 is 39.9. The molecule has 1 saturated heterocycles. The molecule has 8 nitrogen and oxygen atoms in total. The van der Waals surface area contributed by atoms with Crippen LogP contribution in [-0.4, -0.2) is 62.2 Å². The van der Waals surface area contributed by atoms with Gasteiger partial charge >= 0.3 is 6.03 Å². The number of alkyl halides is 2. The summed E-state index contributed by atoms with van der Waals surface area (Å²) in [4.78, 5) is 28.6. The maximum atomic E-state index is 14.7. The second-order valence-electron chi connectivity index (χ2n) is 10.5. The molecule has 3 aliphatic rings. The molecule has 2 aliphatic heterocycles. The van der Waals surface area contributed by atoms with Gasteiger partial charge in [0, 0.05) is 49.8 Å².